The Bertz CT molecular complexity index is 980. The van der Waals surface area contributed by atoms with Crippen LogP contribution in [-0.4, -0.2) is 29.5 Å². The third-order valence-corrected chi connectivity index (χ3v) is 6.19. The third-order valence-electron chi connectivity index (χ3n) is 4.02. The van der Waals surface area contributed by atoms with E-state index in [9.17, 15) is 9.59 Å². The molecular weight excluding hydrogens is 396 g/mol. The van der Waals surface area contributed by atoms with Gasteiger partial charge in [0.15, 0.2) is 6.10 Å². The number of rotatable bonds is 8. The second-order valence-electron chi connectivity index (χ2n) is 6.29. The summed E-state index contributed by atoms with van der Waals surface area (Å²) >= 11 is 3.11. The Labute approximate surface area is 171 Å². The molecule has 1 aromatic carbocycles. The van der Waals surface area contributed by atoms with Crippen LogP contribution in [0.5, 0.6) is 0 Å². The molecule has 0 fully saturated rings. The number of thioether (sulfide) groups is 1. The molecule has 148 valence electrons. The smallest absolute Gasteiger partial charge is 0.375 e. The van der Waals surface area contributed by atoms with Crippen molar-refractivity contribution in [2.45, 2.75) is 43.4 Å². The summed E-state index contributed by atoms with van der Waals surface area (Å²) in [5.41, 5.74) is 2.33. The minimum atomic E-state index is -0.894. The summed E-state index contributed by atoms with van der Waals surface area (Å²) in [6.45, 7) is 6.00. The van der Waals surface area contributed by atoms with E-state index in [2.05, 4.69) is 10.3 Å². The maximum Gasteiger partial charge on any atom is 0.375 e. The highest BCUT2D eigenvalue weighted by atomic mass is 32.2. The summed E-state index contributed by atoms with van der Waals surface area (Å²) < 4.78 is 12.1. The highest BCUT2D eigenvalue weighted by molar-refractivity contribution is 8.00. The molecule has 0 radical (unpaired) electrons. The van der Waals surface area contributed by atoms with Gasteiger partial charge in [-0.1, -0.05) is 36.9 Å². The maximum absolute atomic E-state index is 12.7. The number of nitrogens with zero attached hydrogens (tertiary/aromatic N) is 1. The Hall–Kier alpha value is -2.32. The van der Waals surface area contributed by atoms with Gasteiger partial charge in [-0.15, -0.1) is 11.3 Å². The molecular formula is C20H22N2O4S2. The van der Waals surface area contributed by atoms with Gasteiger partial charge in [0, 0.05) is 34.3 Å². The van der Waals surface area contributed by atoms with E-state index in [1.165, 1.54) is 0 Å². The number of amides is 1. The number of aryl methyl sites for hydroxylation is 1. The number of aromatic nitrogens is 1. The predicted octanol–water partition coefficient (Wildman–Crippen LogP) is 4.56. The van der Waals surface area contributed by atoms with E-state index < -0.39 is 12.1 Å². The van der Waals surface area contributed by atoms with Crippen molar-refractivity contribution in [2.75, 3.05) is 6.54 Å². The molecule has 0 spiro atoms. The van der Waals surface area contributed by atoms with Gasteiger partial charge in [-0.25, -0.2) is 9.78 Å². The lowest BCUT2D eigenvalue weighted by molar-refractivity contribution is -0.129. The van der Waals surface area contributed by atoms with E-state index in [0.29, 0.717) is 17.9 Å². The molecule has 6 nitrogen and oxygen atoms in total. The van der Waals surface area contributed by atoms with Crippen molar-refractivity contribution in [3.05, 3.63) is 46.7 Å². The van der Waals surface area contributed by atoms with Crippen LogP contribution in [0.15, 0.2) is 38.4 Å². The fraction of sp³-hybridized carbons (Fsp3) is 0.350. The van der Waals surface area contributed by atoms with Crippen LogP contribution in [0.4, 0.5) is 0 Å². The van der Waals surface area contributed by atoms with Crippen LogP contribution in [0.25, 0.3) is 11.0 Å². The Morgan fingerprint density at radius 2 is 2.14 bits per heavy atom. The summed E-state index contributed by atoms with van der Waals surface area (Å²) in [6, 6.07) is 7.47. The first-order chi connectivity index (χ1) is 13.5. The fourth-order valence-corrected chi connectivity index (χ4v) is 4.48. The van der Waals surface area contributed by atoms with Crippen molar-refractivity contribution in [1.82, 2.24) is 10.3 Å². The van der Waals surface area contributed by atoms with Gasteiger partial charge >= 0.3 is 5.97 Å². The van der Waals surface area contributed by atoms with E-state index in [0.717, 1.165) is 27.4 Å². The first-order valence-corrected chi connectivity index (χ1v) is 10.9. The number of hydrogen-bond donors (Lipinski definition) is 1. The molecule has 1 atom stereocenters. The van der Waals surface area contributed by atoms with E-state index in [4.69, 9.17) is 9.15 Å². The van der Waals surface area contributed by atoms with E-state index in [1.807, 2.05) is 43.5 Å². The predicted molar refractivity (Wildman–Crippen MR) is 111 cm³/mol. The van der Waals surface area contributed by atoms with Crippen molar-refractivity contribution in [1.29, 1.82) is 0 Å². The molecule has 0 unspecified atom stereocenters. The molecule has 1 amide bonds. The number of esters is 1. The van der Waals surface area contributed by atoms with E-state index in [1.54, 1.807) is 30.0 Å². The fourth-order valence-electron chi connectivity index (χ4n) is 2.60. The highest BCUT2D eigenvalue weighted by Gasteiger charge is 2.26. The summed E-state index contributed by atoms with van der Waals surface area (Å²) in [5, 5.41) is 5.57. The van der Waals surface area contributed by atoms with E-state index >= 15 is 0 Å². The lowest BCUT2D eigenvalue weighted by Crippen LogP contribution is -2.36. The number of thiazole rings is 1. The molecule has 0 saturated carbocycles. The van der Waals surface area contributed by atoms with Crippen molar-refractivity contribution in [3.8, 4) is 0 Å². The molecule has 0 bridgehead atoms. The zero-order valence-electron chi connectivity index (χ0n) is 16.0. The molecule has 0 aliphatic heterocycles. The van der Waals surface area contributed by atoms with Crippen LogP contribution >= 0.6 is 23.1 Å². The van der Waals surface area contributed by atoms with Gasteiger partial charge in [0.25, 0.3) is 5.91 Å². The average molecular weight is 419 g/mol. The largest absolute Gasteiger partial charge is 0.449 e. The van der Waals surface area contributed by atoms with Crippen molar-refractivity contribution in [3.63, 3.8) is 0 Å². The number of benzene rings is 1. The number of hydrogen-bond acceptors (Lipinski definition) is 7. The molecule has 3 rings (SSSR count). The number of carbonyl (C=O) groups is 2. The molecule has 0 aliphatic rings. The molecule has 28 heavy (non-hydrogen) atoms. The zero-order chi connectivity index (χ0) is 20.1. The molecule has 2 aromatic heterocycles. The normalized spacial score (nSPS) is 12.1. The summed E-state index contributed by atoms with van der Waals surface area (Å²) in [5.74, 6) is -0.302. The monoisotopic (exact) mass is 418 g/mol. The van der Waals surface area contributed by atoms with Gasteiger partial charge in [0.1, 0.15) is 9.92 Å². The van der Waals surface area contributed by atoms with Gasteiger partial charge in [-0.05, 0) is 26.3 Å². The first kappa shape index (κ1) is 20.4. The van der Waals surface area contributed by atoms with Crippen LogP contribution < -0.4 is 5.32 Å². The maximum atomic E-state index is 12.7. The van der Waals surface area contributed by atoms with Crippen LogP contribution in [-0.2, 0) is 15.3 Å². The number of carbonyl (C=O) groups excluding carboxylic acids is 2. The lowest BCUT2D eigenvalue weighted by atomic mass is 10.1. The number of para-hydroxylation sites is 1. The van der Waals surface area contributed by atoms with Crippen molar-refractivity contribution in [2.24, 2.45) is 0 Å². The minimum Gasteiger partial charge on any atom is -0.449 e. The van der Waals surface area contributed by atoms with Gasteiger partial charge in [-0.3, -0.25) is 4.79 Å². The van der Waals surface area contributed by atoms with Crippen LogP contribution in [0, 0.1) is 6.92 Å². The third kappa shape index (κ3) is 4.74. The number of nitrogens with one attached hydrogen (secondary N) is 1. The quantitative estimate of drug-likeness (QED) is 0.427. The highest BCUT2D eigenvalue weighted by Crippen LogP contribution is 2.33. The number of furan rings is 1. The Morgan fingerprint density at radius 1 is 1.36 bits per heavy atom. The van der Waals surface area contributed by atoms with E-state index in [-0.39, 0.29) is 11.7 Å². The summed E-state index contributed by atoms with van der Waals surface area (Å²) in [7, 11) is 0. The summed E-state index contributed by atoms with van der Waals surface area (Å²) in [6.07, 6.45) is -0.0810. The van der Waals surface area contributed by atoms with Gasteiger partial charge in [0.2, 0.25) is 5.76 Å². The average Bonchev–Trinajstić information content (AvgIpc) is 3.27. The van der Waals surface area contributed by atoms with Crippen LogP contribution in [0.2, 0.25) is 0 Å². The Balaban J connectivity index is 1.81. The summed E-state index contributed by atoms with van der Waals surface area (Å²) in [4.78, 5) is 29.2. The Morgan fingerprint density at radius 3 is 2.86 bits per heavy atom. The lowest BCUT2D eigenvalue weighted by Gasteiger charge is -2.12. The molecule has 0 aliphatic carbocycles. The molecule has 0 saturated heterocycles. The Kier molecular flexibility index (Phi) is 6.74. The second kappa shape index (κ2) is 9.25. The van der Waals surface area contributed by atoms with Gasteiger partial charge in [-0.2, -0.15) is 0 Å². The zero-order valence-corrected chi connectivity index (χ0v) is 17.6. The molecule has 1 N–H and O–H groups in total. The molecule has 2 heterocycles. The second-order valence-corrected chi connectivity index (χ2v) is 8.37. The minimum absolute atomic E-state index is 0.136. The standard InChI is InChI=1S/C20H22N2O4S2/c1-4-9-21-18(23)13(3)25-19(24)17-15(11-28-20-22-12(2)10-27-20)14-7-5-6-8-16(14)26-17/h5-8,10,13H,4,9,11H2,1-3H3,(H,21,23)/t13-/m1/s1. The number of ether oxygens (including phenoxy) is 1. The van der Waals surface area contributed by atoms with Crippen LogP contribution in [0.3, 0.4) is 0 Å². The van der Waals surface area contributed by atoms with Gasteiger partial charge in [0.05, 0.1) is 0 Å². The van der Waals surface area contributed by atoms with Gasteiger partial charge < -0.3 is 14.5 Å². The van der Waals surface area contributed by atoms with Crippen molar-refractivity contribution < 1.29 is 18.7 Å². The van der Waals surface area contributed by atoms with Crippen molar-refractivity contribution >= 4 is 45.9 Å². The number of fused-ring (bicyclic) bond motifs is 1. The SMILES string of the molecule is CCCNC(=O)[C@@H](C)OC(=O)c1oc2ccccc2c1CSc1nc(C)cs1. The molecule has 8 heteroatoms. The van der Waals surface area contributed by atoms with Crippen LogP contribution in [0.1, 0.15) is 42.1 Å². The molecule has 3 aromatic rings. The topological polar surface area (TPSA) is 81.4 Å². The first-order valence-electron chi connectivity index (χ1n) is 9.03.